The summed E-state index contributed by atoms with van der Waals surface area (Å²) in [6.07, 6.45) is 30.9. The predicted octanol–water partition coefficient (Wildman–Crippen LogP) is 8.88. The van der Waals surface area contributed by atoms with Crippen LogP contribution in [-0.2, 0) is 12.8 Å². The first-order chi connectivity index (χ1) is 16.9. The zero-order valence-electron chi connectivity index (χ0n) is 25.0. The molecule has 0 aliphatic rings. The van der Waals surface area contributed by atoms with E-state index in [9.17, 15) is 0 Å². The topological polar surface area (TPSA) is 0 Å². The van der Waals surface area contributed by atoms with Gasteiger partial charge in [-0.3, -0.25) is 0 Å². The van der Waals surface area contributed by atoms with Crippen molar-refractivity contribution in [2.45, 2.75) is 155 Å². The standard InChI is InChI=1S/C34H56.Na.H/c1-3-5-7-9-11-13-15-17-19-21-25-31-29-30-32-26-23-24-28-34(32)33(31)27-22-20-18-16-14-12-10-8-6-4-2;;/h23-24,26,28-30H,3-22,25,27H2,1-2H3;;/q;+1;-1. The SMILES string of the molecule is CCCCCCCCCCCCc1ccc2ccccc2c1CCCCCCCCCCCC.[H-].[Na+]. The van der Waals surface area contributed by atoms with Gasteiger partial charge in [0.1, 0.15) is 0 Å². The van der Waals surface area contributed by atoms with E-state index in [1.807, 2.05) is 0 Å². The molecule has 0 spiro atoms. The monoisotopic (exact) mass is 488 g/mol. The molecule has 2 aromatic rings. The molecule has 0 amide bonds. The minimum absolute atomic E-state index is 0. The van der Waals surface area contributed by atoms with Gasteiger partial charge in [-0.05, 0) is 47.6 Å². The smallest absolute Gasteiger partial charge is 1.00 e. The minimum atomic E-state index is 0. The fourth-order valence-corrected chi connectivity index (χ4v) is 5.50. The van der Waals surface area contributed by atoms with E-state index in [2.05, 4.69) is 50.2 Å². The van der Waals surface area contributed by atoms with Crippen molar-refractivity contribution in [2.75, 3.05) is 0 Å². The van der Waals surface area contributed by atoms with Gasteiger partial charge < -0.3 is 1.43 Å². The predicted molar refractivity (Wildman–Crippen MR) is 156 cm³/mol. The molecule has 1 heteroatoms. The molecular formula is C34H57Na. The van der Waals surface area contributed by atoms with Crippen molar-refractivity contribution >= 4 is 10.8 Å². The summed E-state index contributed by atoms with van der Waals surface area (Å²) >= 11 is 0. The van der Waals surface area contributed by atoms with Crippen molar-refractivity contribution in [2.24, 2.45) is 0 Å². The third-order valence-corrected chi connectivity index (χ3v) is 7.72. The van der Waals surface area contributed by atoms with E-state index in [4.69, 9.17) is 0 Å². The normalized spacial score (nSPS) is 11.1. The molecule has 0 aliphatic carbocycles. The second-order valence-electron chi connectivity index (χ2n) is 10.8. The van der Waals surface area contributed by atoms with Gasteiger partial charge in [-0.25, -0.2) is 0 Å². The molecule has 0 N–H and O–H groups in total. The van der Waals surface area contributed by atoms with Crippen molar-refractivity contribution in [3.63, 3.8) is 0 Å². The van der Waals surface area contributed by atoms with Crippen molar-refractivity contribution < 1.29 is 31.0 Å². The summed E-state index contributed by atoms with van der Waals surface area (Å²) in [5.74, 6) is 0. The Bertz CT molecular complexity index is 741. The summed E-state index contributed by atoms with van der Waals surface area (Å²) in [7, 11) is 0. The molecule has 0 unspecified atom stereocenters. The Morgan fingerprint density at radius 1 is 0.457 bits per heavy atom. The molecule has 0 fully saturated rings. The summed E-state index contributed by atoms with van der Waals surface area (Å²) in [5.41, 5.74) is 3.29. The molecule has 0 saturated carbocycles. The number of rotatable bonds is 22. The molecular weight excluding hydrogens is 431 g/mol. The van der Waals surface area contributed by atoms with E-state index in [-0.39, 0.29) is 31.0 Å². The second-order valence-corrected chi connectivity index (χ2v) is 10.8. The van der Waals surface area contributed by atoms with E-state index >= 15 is 0 Å². The van der Waals surface area contributed by atoms with Crippen molar-refractivity contribution in [3.8, 4) is 0 Å². The Balaban J connectivity index is 0.00000612. The van der Waals surface area contributed by atoms with Gasteiger partial charge in [-0.1, -0.05) is 166 Å². The fraction of sp³-hybridized carbons (Fsp3) is 0.706. The average Bonchev–Trinajstić information content (AvgIpc) is 2.87. The molecule has 2 rings (SSSR count). The average molecular weight is 489 g/mol. The summed E-state index contributed by atoms with van der Waals surface area (Å²) in [6, 6.07) is 13.9. The Kier molecular flexibility index (Phi) is 21.4. The Morgan fingerprint density at radius 2 is 0.886 bits per heavy atom. The first-order valence-corrected chi connectivity index (χ1v) is 15.4. The van der Waals surface area contributed by atoms with Crippen LogP contribution in [0, 0.1) is 0 Å². The van der Waals surface area contributed by atoms with Gasteiger partial charge >= 0.3 is 29.6 Å². The third kappa shape index (κ3) is 14.9. The van der Waals surface area contributed by atoms with Gasteiger partial charge in [0, 0.05) is 0 Å². The molecule has 2 aromatic carbocycles. The molecule has 0 radical (unpaired) electrons. The van der Waals surface area contributed by atoms with E-state index < -0.39 is 0 Å². The second kappa shape index (κ2) is 22.9. The van der Waals surface area contributed by atoms with Crippen LogP contribution in [0.3, 0.4) is 0 Å². The first kappa shape index (κ1) is 32.7. The molecule has 0 atom stereocenters. The number of hydrogen-bond acceptors (Lipinski definition) is 0. The Hall–Kier alpha value is -0.300. The molecule has 35 heavy (non-hydrogen) atoms. The molecule has 0 aliphatic heterocycles. The van der Waals surface area contributed by atoms with E-state index in [0.717, 1.165) is 0 Å². The molecule has 0 heterocycles. The molecule has 0 bridgehead atoms. The molecule has 0 saturated heterocycles. The quantitative estimate of drug-likeness (QED) is 0.115. The number of fused-ring (bicyclic) bond motifs is 1. The Morgan fingerprint density at radius 3 is 1.40 bits per heavy atom. The molecule has 0 nitrogen and oxygen atoms in total. The van der Waals surface area contributed by atoms with Crippen LogP contribution in [-0.4, -0.2) is 0 Å². The number of aryl methyl sites for hydroxylation is 2. The summed E-state index contributed by atoms with van der Waals surface area (Å²) in [6.45, 7) is 4.61. The zero-order valence-corrected chi connectivity index (χ0v) is 26.0. The van der Waals surface area contributed by atoms with Crippen molar-refractivity contribution in [1.82, 2.24) is 0 Å². The van der Waals surface area contributed by atoms with Gasteiger partial charge in [0.2, 0.25) is 0 Å². The van der Waals surface area contributed by atoms with Crippen molar-refractivity contribution in [1.29, 1.82) is 0 Å². The summed E-state index contributed by atoms with van der Waals surface area (Å²) in [4.78, 5) is 0. The number of unbranched alkanes of at least 4 members (excludes halogenated alkanes) is 18. The van der Waals surface area contributed by atoms with Crippen LogP contribution in [0.5, 0.6) is 0 Å². The van der Waals surface area contributed by atoms with Crippen LogP contribution >= 0.6 is 0 Å². The van der Waals surface area contributed by atoms with Gasteiger partial charge in [0.25, 0.3) is 0 Å². The minimum Gasteiger partial charge on any atom is -1.00 e. The van der Waals surface area contributed by atoms with Crippen LogP contribution in [0.25, 0.3) is 10.8 Å². The maximum Gasteiger partial charge on any atom is 1.00 e. The van der Waals surface area contributed by atoms with Gasteiger partial charge in [-0.2, -0.15) is 0 Å². The van der Waals surface area contributed by atoms with Gasteiger partial charge in [0.15, 0.2) is 0 Å². The van der Waals surface area contributed by atoms with E-state index in [1.54, 1.807) is 11.1 Å². The van der Waals surface area contributed by atoms with Crippen LogP contribution in [0.4, 0.5) is 0 Å². The fourth-order valence-electron chi connectivity index (χ4n) is 5.50. The molecule has 0 aromatic heterocycles. The number of hydrogen-bond donors (Lipinski definition) is 0. The number of benzene rings is 2. The van der Waals surface area contributed by atoms with Gasteiger partial charge in [-0.15, -0.1) is 0 Å². The zero-order chi connectivity index (χ0) is 24.1. The van der Waals surface area contributed by atoms with Crippen LogP contribution < -0.4 is 29.6 Å². The van der Waals surface area contributed by atoms with Crippen LogP contribution in [0.2, 0.25) is 0 Å². The first-order valence-electron chi connectivity index (χ1n) is 15.4. The van der Waals surface area contributed by atoms with Crippen molar-refractivity contribution in [3.05, 3.63) is 47.5 Å². The summed E-state index contributed by atoms with van der Waals surface area (Å²) < 4.78 is 0. The Labute approximate surface area is 243 Å². The van der Waals surface area contributed by atoms with Gasteiger partial charge in [0.05, 0.1) is 0 Å². The summed E-state index contributed by atoms with van der Waals surface area (Å²) in [5, 5.41) is 2.94. The molecule has 194 valence electrons. The maximum atomic E-state index is 2.45. The maximum absolute atomic E-state index is 2.45. The van der Waals surface area contributed by atoms with E-state index in [1.165, 1.54) is 152 Å². The van der Waals surface area contributed by atoms with Crippen LogP contribution in [0.15, 0.2) is 36.4 Å². The van der Waals surface area contributed by atoms with Crippen LogP contribution in [0.1, 0.15) is 155 Å². The largest absolute Gasteiger partial charge is 1.00 e. The third-order valence-electron chi connectivity index (χ3n) is 7.72. The van der Waals surface area contributed by atoms with E-state index in [0.29, 0.717) is 0 Å².